The monoisotopic (exact) mass is 364 g/mol. The molecule has 140 valence electrons. The topological polar surface area (TPSA) is 51.5 Å². The molecule has 1 heterocycles. The number of aryl methyl sites for hydroxylation is 1. The Hall–Kier alpha value is -3.08. The van der Waals surface area contributed by atoms with Crippen molar-refractivity contribution in [3.63, 3.8) is 0 Å². The predicted octanol–water partition coefficient (Wildman–Crippen LogP) is 3.84. The zero-order valence-electron chi connectivity index (χ0n) is 15.7. The zero-order valence-corrected chi connectivity index (χ0v) is 15.7. The number of rotatable bonds is 7. The fourth-order valence-corrected chi connectivity index (χ4v) is 3.07. The number of anilines is 1. The molecule has 2 aromatic carbocycles. The molecule has 0 radical (unpaired) electrons. The number of carbonyl (C=O) groups is 1. The van der Waals surface area contributed by atoms with Crippen LogP contribution < -0.4 is 15.2 Å². The van der Waals surface area contributed by atoms with Crippen LogP contribution in [0.25, 0.3) is 10.9 Å². The van der Waals surface area contributed by atoms with E-state index in [0.29, 0.717) is 26.0 Å². The van der Waals surface area contributed by atoms with Crippen LogP contribution in [0.5, 0.6) is 5.75 Å². The van der Waals surface area contributed by atoms with Crippen molar-refractivity contribution in [2.45, 2.75) is 26.3 Å². The number of para-hydroxylation sites is 1. The second kappa shape index (κ2) is 8.54. The lowest BCUT2D eigenvalue weighted by molar-refractivity contribution is -0.118. The Bertz CT molecular complexity index is 980. The first-order valence-corrected chi connectivity index (χ1v) is 9.18. The molecule has 3 rings (SSSR count). The van der Waals surface area contributed by atoms with Gasteiger partial charge in [0.2, 0.25) is 5.91 Å². The van der Waals surface area contributed by atoms with Gasteiger partial charge in [-0.15, -0.1) is 0 Å². The summed E-state index contributed by atoms with van der Waals surface area (Å²) in [6, 6.07) is 18.7. The van der Waals surface area contributed by atoms with Gasteiger partial charge in [0.15, 0.2) is 0 Å². The second-order valence-electron chi connectivity index (χ2n) is 6.38. The van der Waals surface area contributed by atoms with Gasteiger partial charge < -0.3 is 14.2 Å². The molecule has 0 bridgehead atoms. The van der Waals surface area contributed by atoms with Crippen molar-refractivity contribution in [1.29, 1.82) is 0 Å². The van der Waals surface area contributed by atoms with Crippen LogP contribution in [0, 0.1) is 0 Å². The molecular weight excluding hydrogens is 340 g/mol. The number of pyridine rings is 1. The van der Waals surface area contributed by atoms with Gasteiger partial charge in [-0.2, -0.15) is 0 Å². The van der Waals surface area contributed by atoms with Gasteiger partial charge in [-0.05, 0) is 49.7 Å². The summed E-state index contributed by atoms with van der Waals surface area (Å²) >= 11 is 0. The SMILES string of the molecule is CCn1c(=O)ccc2cc(OCCCC(=O)N(C)c3ccccc3)ccc21. The van der Waals surface area contributed by atoms with Crippen LogP contribution in [0.3, 0.4) is 0 Å². The normalized spacial score (nSPS) is 10.7. The summed E-state index contributed by atoms with van der Waals surface area (Å²) in [5.74, 6) is 0.808. The van der Waals surface area contributed by atoms with E-state index in [0.717, 1.165) is 22.3 Å². The molecule has 0 saturated carbocycles. The number of ether oxygens (including phenoxy) is 1. The third-order valence-corrected chi connectivity index (χ3v) is 4.60. The van der Waals surface area contributed by atoms with E-state index in [1.807, 2.05) is 61.5 Å². The van der Waals surface area contributed by atoms with Crippen molar-refractivity contribution in [3.8, 4) is 5.75 Å². The van der Waals surface area contributed by atoms with Gasteiger partial charge in [0, 0.05) is 37.2 Å². The average molecular weight is 364 g/mol. The summed E-state index contributed by atoms with van der Waals surface area (Å²) in [7, 11) is 1.79. The summed E-state index contributed by atoms with van der Waals surface area (Å²) in [5.41, 5.74) is 1.79. The maximum atomic E-state index is 12.3. The third-order valence-electron chi connectivity index (χ3n) is 4.60. The van der Waals surface area contributed by atoms with E-state index < -0.39 is 0 Å². The van der Waals surface area contributed by atoms with Crippen molar-refractivity contribution >= 4 is 22.5 Å². The van der Waals surface area contributed by atoms with E-state index in [1.165, 1.54) is 0 Å². The van der Waals surface area contributed by atoms with Crippen molar-refractivity contribution in [1.82, 2.24) is 4.57 Å². The van der Waals surface area contributed by atoms with Crippen LogP contribution in [0.4, 0.5) is 5.69 Å². The highest BCUT2D eigenvalue weighted by atomic mass is 16.5. The lowest BCUT2D eigenvalue weighted by atomic mass is 10.2. The fraction of sp³-hybridized carbons (Fsp3) is 0.273. The maximum Gasteiger partial charge on any atom is 0.250 e. The molecule has 0 atom stereocenters. The van der Waals surface area contributed by atoms with Crippen molar-refractivity contribution in [2.75, 3.05) is 18.6 Å². The van der Waals surface area contributed by atoms with Crippen molar-refractivity contribution in [3.05, 3.63) is 71.0 Å². The molecule has 0 saturated heterocycles. The van der Waals surface area contributed by atoms with E-state index in [9.17, 15) is 9.59 Å². The number of amides is 1. The van der Waals surface area contributed by atoms with Gasteiger partial charge in [0.05, 0.1) is 12.1 Å². The highest BCUT2D eigenvalue weighted by Gasteiger charge is 2.10. The van der Waals surface area contributed by atoms with Gasteiger partial charge in [0.25, 0.3) is 5.56 Å². The minimum absolute atomic E-state index is 0.000262. The zero-order chi connectivity index (χ0) is 19.2. The van der Waals surface area contributed by atoms with Gasteiger partial charge >= 0.3 is 0 Å². The Kier molecular flexibility index (Phi) is 5.91. The first-order chi connectivity index (χ1) is 13.1. The van der Waals surface area contributed by atoms with E-state index >= 15 is 0 Å². The molecule has 3 aromatic rings. The number of benzene rings is 2. The van der Waals surface area contributed by atoms with E-state index in [-0.39, 0.29) is 11.5 Å². The summed E-state index contributed by atoms with van der Waals surface area (Å²) in [5, 5.41) is 0.967. The number of hydrogen-bond acceptors (Lipinski definition) is 3. The fourth-order valence-electron chi connectivity index (χ4n) is 3.07. The van der Waals surface area contributed by atoms with Crippen molar-refractivity contribution < 1.29 is 9.53 Å². The minimum Gasteiger partial charge on any atom is -0.494 e. The molecular formula is C22H24N2O3. The first kappa shape index (κ1) is 18.7. The molecule has 1 amide bonds. The number of carbonyl (C=O) groups excluding carboxylic acids is 1. The minimum atomic E-state index is -0.000262. The van der Waals surface area contributed by atoms with Crippen LogP contribution in [0.1, 0.15) is 19.8 Å². The Balaban J connectivity index is 1.55. The predicted molar refractivity (Wildman–Crippen MR) is 108 cm³/mol. The molecule has 0 aliphatic rings. The van der Waals surface area contributed by atoms with E-state index in [2.05, 4.69) is 0 Å². The quantitative estimate of drug-likeness (QED) is 0.599. The molecule has 5 heteroatoms. The number of hydrogen-bond donors (Lipinski definition) is 0. The first-order valence-electron chi connectivity index (χ1n) is 9.18. The smallest absolute Gasteiger partial charge is 0.250 e. The lowest BCUT2D eigenvalue weighted by Crippen LogP contribution is -2.26. The number of aromatic nitrogens is 1. The average Bonchev–Trinajstić information content (AvgIpc) is 2.71. The molecule has 0 fully saturated rings. The molecule has 0 aliphatic carbocycles. The largest absolute Gasteiger partial charge is 0.494 e. The molecule has 0 unspecified atom stereocenters. The molecule has 0 spiro atoms. The molecule has 0 aliphatic heterocycles. The maximum absolute atomic E-state index is 12.3. The third kappa shape index (κ3) is 4.37. The number of nitrogens with zero attached hydrogens (tertiary/aromatic N) is 2. The van der Waals surface area contributed by atoms with Gasteiger partial charge in [-0.25, -0.2) is 0 Å². The van der Waals surface area contributed by atoms with Gasteiger partial charge in [-0.3, -0.25) is 9.59 Å². The van der Waals surface area contributed by atoms with E-state index in [4.69, 9.17) is 4.74 Å². The Morgan fingerprint density at radius 2 is 1.85 bits per heavy atom. The van der Waals surface area contributed by atoms with Crippen LogP contribution in [0.2, 0.25) is 0 Å². The number of fused-ring (bicyclic) bond motifs is 1. The molecule has 1 aromatic heterocycles. The molecule has 5 nitrogen and oxygen atoms in total. The highest BCUT2D eigenvalue weighted by molar-refractivity contribution is 5.92. The molecule has 0 N–H and O–H groups in total. The second-order valence-corrected chi connectivity index (χ2v) is 6.38. The Morgan fingerprint density at radius 1 is 1.07 bits per heavy atom. The summed E-state index contributed by atoms with van der Waals surface area (Å²) in [4.78, 5) is 25.8. The Morgan fingerprint density at radius 3 is 2.59 bits per heavy atom. The van der Waals surface area contributed by atoms with Crippen LogP contribution in [-0.4, -0.2) is 24.1 Å². The van der Waals surface area contributed by atoms with E-state index in [1.54, 1.807) is 22.6 Å². The van der Waals surface area contributed by atoms with Gasteiger partial charge in [0.1, 0.15) is 5.75 Å². The summed E-state index contributed by atoms with van der Waals surface area (Å²) in [6.45, 7) is 3.05. The summed E-state index contributed by atoms with van der Waals surface area (Å²) in [6.07, 6.45) is 1.07. The lowest BCUT2D eigenvalue weighted by Gasteiger charge is -2.17. The van der Waals surface area contributed by atoms with Gasteiger partial charge in [-0.1, -0.05) is 18.2 Å². The van der Waals surface area contributed by atoms with Crippen LogP contribution in [-0.2, 0) is 11.3 Å². The highest BCUT2D eigenvalue weighted by Crippen LogP contribution is 2.20. The van der Waals surface area contributed by atoms with Crippen LogP contribution in [0.15, 0.2) is 65.5 Å². The standard InChI is InChI=1S/C22H24N2O3/c1-3-24-20-13-12-19(16-17(20)11-14-22(24)26)27-15-7-10-21(25)23(2)18-8-5-4-6-9-18/h4-6,8-9,11-14,16H,3,7,10,15H2,1-2H3. The molecule has 27 heavy (non-hydrogen) atoms. The summed E-state index contributed by atoms with van der Waals surface area (Å²) < 4.78 is 7.53. The van der Waals surface area contributed by atoms with Crippen LogP contribution >= 0.6 is 0 Å². The van der Waals surface area contributed by atoms with Crippen molar-refractivity contribution in [2.24, 2.45) is 0 Å². The Labute approximate surface area is 158 Å².